The van der Waals surface area contributed by atoms with Crippen LogP contribution in [0.5, 0.6) is 0 Å². The number of hydrogen-bond donors (Lipinski definition) is 2. The van der Waals surface area contributed by atoms with Crippen LogP contribution in [0.25, 0.3) is 0 Å². The zero-order chi connectivity index (χ0) is 24.0. The Morgan fingerprint density at radius 3 is 2.34 bits per heavy atom. The molecular formula is C23H23F4N3O2. The molecule has 3 rings (SSSR count). The van der Waals surface area contributed by atoms with Crippen LogP contribution in [0.4, 0.5) is 34.8 Å². The second-order valence-electron chi connectivity index (χ2n) is 6.53. The lowest BCUT2D eigenvalue weighted by molar-refractivity contribution is 0.0601. The van der Waals surface area contributed by atoms with Gasteiger partial charge in [0.05, 0.1) is 24.0 Å². The number of hydrogen-bond acceptors (Lipinski definition) is 5. The van der Waals surface area contributed by atoms with Gasteiger partial charge in [0.25, 0.3) is 0 Å². The van der Waals surface area contributed by atoms with Crippen molar-refractivity contribution >= 4 is 23.2 Å². The van der Waals surface area contributed by atoms with Crippen molar-refractivity contribution in [2.24, 2.45) is 0 Å². The normalized spacial score (nSPS) is 10.2. The molecular weight excluding hydrogens is 426 g/mol. The fourth-order valence-corrected chi connectivity index (χ4v) is 2.90. The van der Waals surface area contributed by atoms with Gasteiger partial charge >= 0.3 is 5.97 Å². The Kier molecular flexibility index (Phi) is 8.17. The van der Waals surface area contributed by atoms with Crippen LogP contribution in [0.15, 0.2) is 36.5 Å². The van der Waals surface area contributed by atoms with Gasteiger partial charge in [-0.25, -0.2) is 27.3 Å². The molecule has 0 saturated carbocycles. The number of halogens is 4. The molecule has 170 valence electrons. The molecule has 0 spiro atoms. The zero-order valence-electron chi connectivity index (χ0n) is 18.0. The van der Waals surface area contributed by atoms with E-state index in [4.69, 9.17) is 5.73 Å². The molecule has 9 heteroatoms. The van der Waals surface area contributed by atoms with E-state index < -0.39 is 47.2 Å². The van der Waals surface area contributed by atoms with Gasteiger partial charge in [0, 0.05) is 12.6 Å². The topological polar surface area (TPSA) is 77.2 Å². The highest BCUT2D eigenvalue weighted by Crippen LogP contribution is 2.32. The molecule has 3 N–H and O–H groups in total. The third kappa shape index (κ3) is 5.16. The van der Waals surface area contributed by atoms with Crippen molar-refractivity contribution in [2.45, 2.75) is 27.2 Å². The SMILES string of the molecule is CC.COC(=O)c1cc(Cc2ccnc(N)c2F)c(F)c(F)c1Nc1ccc(C)cc1F. The lowest BCUT2D eigenvalue weighted by Gasteiger charge is -2.16. The maximum Gasteiger partial charge on any atom is 0.340 e. The van der Waals surface area contributed by atoms with Crippen molar-refractivity contribution in [3.05, 3.63) is 82.1 Å². The lowest BCUT2D eigenvalue weighted by Crippen LogP contribution is -2.12. The van der Waals surface area contributed by atoms with Crippen LogP contribution in [0, 0.1) is 30.2 Å². The molecule has 2 aromatic carbocycles. The van der Waals surface area contributed by atoms with Gasteiger partial charge < -0.3 is 15.8 Å². The third-order valence-electron chi connectivity index (χ3n) is 4.45. The lowest BCUT2D eigenvalue weighted by atomic mass is 10.00. The highest BCUT2D eigenvalue weighted by atomic mass is 19.2. The fourth-order valence-electron chi connectivity index (χ4n) is 2.90. The average Bonchev–Trinajstić information content (AvgIpc) is 2.78. The van der Waals surface area contributed by atoms with Gasteiger partial charge in [0.15, 0.2) is 23.3 Å². The summed E-state index contributed by atoms with van der Waals surface area (Å²) in [6.07, 6.45) is 0.823. The Balaban J connectivity index is 0.00000176. The maximum absolute atomic E-state index is 14.9. The molecule has 32 heavy (non-hydrogen) atoms. The van der Waals surface area contributed by atoms with Crippen molar-refractivity contribution < 1.29 is 27.1 Å². The van der Waals surface area contributed by atoms with Crippen LogP contribution in [-0.4, -0.2) is 18.1 Å². The van der Waals surface area contributed by atoms with Crippen molar-refractivity contribution in [3.8, 4) is 0 Å². The summed E-state index contributed by atoms with van der Waals surface area (Å²) in [4.78, 5) is 15.8. The number of nitrogens with zero attached hydrogens (tertiary/aromatic N) is 1. The molecule has 5 nitrogen and oxygen atoms in total. The number of aryl methyl sites for hydroxylation is 1. The first kappa shape index (κ1) is 24.6. The molecule has 1 heterocycles. The average molecular weight is 449 g/mol. The molecule has 0 atom stereocenters. The summed E-state index contributed by atoms with van der Waals surface area (Å²) in [7, 11) is 1.06. The van der Waals surface area contributed by atoms with Crippen molar-refractivity contribution in [3.63, 3.8) is 0 Å². The van der Waals surface area contributed by atoms with E-state index >= 15 is 0 Å². The number of anilines is 3. The Morgan fingerprint density at radius 1 is 1.03 bits per heavy atom. The molecule has 0 radical (unpaired) electrons. The number of benzene rings is 2. The predicted octanol–water partition coefficient (Wildman–Crippen LogP) is 5.68. The quantitative estimate of drug-likeness (QED) is 0.387. The zero-order valence-corrected chi connectivity index (χ0v) is 18.0. The van der Waals surface area contributed by atoms with Crippen molar-refractivity contribution in [2.75, 3.05) is 18.2 Å². The molecule has 3 aromatic rings. The summed E-state index contributed by atoms with van der Waals surface area (Å²) in [6, 6.07) is 6.36. The number of nitrogen functional groups attached to an aromatic ring is 1. The molecule has 0 fully saturated rings. The van der Waals surface area contributed by atoms with E-state index in [0.717, 1.165) is 13.2 Å². The number of ether oxygens (including phenoxy) is 1. The first-order valence-electron chi connectivity index (χ1n) is 9.74. The van der Waals surface area contributed by atoms with E-state index in [2.05, 4.69) is 15.0 Å². The largest absolute Gasteiger partial charge is 0.465 e. The van der Waals surface area contributed by atoms with Gasteiger partial charge in [-0.3, -0.25) is 0 Å². The first-order valence-corrected chi connectivity index (χ1v) is 9.74. The van der Waals surface area contributed by atoms with Gasteiger partial charge in [-0.1, -0.05) is 19.9 Å². The van der Waals surface area contributed by atoms with Gasteiger partial charge in [0.1, 0.15) is 5.82 Å². The van der Waals surface area contributed by atoms with Crippen LogP contribution in [0.1, 0.15) is 40.9 Å². The predicted molar refractivity (Wildman–Crippen MR) is 115 cm³/mol. The van der Waals surface area contributed by atoms with Crippen LogP contribution < -0.4 is 11.1 Å². The minimum Gasteiger partial charge on any atom is -0.465 e. The Morgan fingerprint density at radius 2 is 1.72 bits per heavy atom. The van der Waals surface area contributed by atoms with Crippen molar-refractivity contribution in [1.82, 2.24) is 4.98 Å². The minimum absolute atomic E-state index is 0.0399. The second kappa shape index (κ2) is 10.6. The number of nitrogens with two attached hydrogens (primary N) is 1. The summed E-state index contributed by atoms with van der Waals surface area (Å²) >= 11 is 0. The van der Waals surface area contributed by atoms with E-state index in [1.54, 1.807) is 13.0 Å². The fraction of sp³-hybridized carbons (Fsp3) is 0.217. The van der Waals surface area contributed by atoms with Crippen LogP contribution >= 0.6 is 0 Å². The van der Waals surface area contributed by atoms with Crippen LogP contribution in [0.2, 0.25) is 0 Å². The number of rotatable bonds is 5. The summed E-state index contributed by atoms with van der Waals surface area (Å²) in [5.74, 6) is -5.73. The molecule has 0 amide bonds. The number of pyridine rings is 1. The molecule has 1 aromatic heterocycles. The number of nitrogens with one attached hydrogen (secondary N) is 1. The van der Waals surface area contributed by atoms with Gasteiger partial charge in [-0.2, -0.15) is 0 Å². The Bertz CT molecular complexity index is 1140. The van der Waals surface area contributed by atoms with Crippen LogP contribution in [-0.2, 0) is 11.2 Å². The Labute approximate surface area is 183 Å². The summed E-state index contributed by atoms with van der Waals surface area (Å²) in [5.41, 5.74) is 4.53. The maximum atomic E-state index is 14.9. The summed E-state index contributed by atoms with van der Waals surface area (Å²) < 4.78 is 62.6. The smallest absolute Gasteiger partial charge is 0.340 e. The molecule has 0 saturated heterocycles. The van der Waals surface area contributed by atoms with E-state index in [9.17, 15) is 22.4 Å². The standard InChI is InChI=1S/C21H17F4N3O2.C2H6/c1-10-3-4-15(14(22)7-10)28-19-13(21(29)30-2)9-12(16(23)18(19)25)8-11-5-6-27-20(26)17(11)24;1-2/h3-7,9,28H,8H2,1-2H3,(H2,26,27);1-2H3. The number of aromatic nitrogens is 1. The van der Waals surface area contributed by atoms with Gasteiger partial charge in [0.2, 0.25) is 0 Å². The number of esters is 1. The number of carbonyl (C=O) groups is 1. The van der Waals surface area contributed by atoms with Crippen molar-refractivity contribution in [1.29, 1.82) is 0 Å². The summed E-state index contributed by atoms with van der Waals surface area (Å²) in [5, 5.41) is 2.41. The minimum atomic E-state index is -1.43. The van der Waals surface area contributed by atoms with Gasteiger partial charge in [-0.05, 0) is 47.9 Å². The third-order valence-corrected chi connectivity index (χ3v) is 4.45. The second-order valence-corrected chi connectivity index (χ2v) is 6.53. The first-order chi connectivity index (χ1) is 15.2. The molecule has 0 aliphatic rings. The van der Waals surface area contributed by atoms with E-state index in [0.29, 0.717) is 5.56 Å². The molecule has 0 bridgehead atoms. The van der Waals surface area contributed by atoms with E-state index in [1.165, 1.54) is 24.4 Å². The highest BCUT2D eigenvalue weighted by Gasteiger charge is 2.25. The van der Waals surface area contributed by atoms with Crippen LogP contribution in [0.3, 0.4) is 0 Å². The van der Waals surface area contributed by atoms with E-state index in [-0.39, 0.29) is 22.4 Å². The monoisotopic (exact) mass is 449 g/mol. The molecule has 0 aliphatic heterocycles. The number of methoxy groups -OCH3 is 1. The number of carbonyl (C=O) groups excluding carboxylic acids is 1. The van der Waals surface area contributed by atoms with E-state index in [1.807, 2.05) is 13.8 Å². The molecule has 0 aliphatic carbocycles. The van der Waals surface area contributed by atoms with Gasteiger partial charge in [-0.15, -0.1) is 0 Å². The Hall–Kier alpha value is -3.62. The summed E-state index contributed by atoms with van der Waals surface area (Å²) in [6.45, 7) is 5.66. The molecule has 0 unspecified atom stereocenters. The highest BCUT2D eigenvalue weighted by molar-refractivity contribution is 5.97.